The molecule has 0 radical (unpaired) electrons. The van der Waals surface area contributed by atoms with Gasteiger partial charge in [0.15, 0.2) is 5.65 Å². The van der Waals surface area contributed by atoms with E-state index in [1.807, 2.05) is 6.92 Å². The molecule has 3 N–H and O–H groups in total. The Kier molecular flexibility index (Phi) is 3.90. The molecule has 4 rings (SSSR count). The SMILES string of the molecule is C[C@@]1(CNC(=O)c2ccnc3nc[nH]c23)CCCN1C(=O)c1ccn[nH]1. The van der Waals surface area contributed by atoms with Crippen LogP contribution in [0.2, 0.25) is 0 Å². The highest BCUT2D eigenvalue weighted by atomic mass is 16.2. The molecule has 1 aliphatic rings. The normalized spacial score (nSPS) is 19.8. The van der Waals surface area contributed by atoms with Gasteiger partial charge in [0.2, 0.25) is 0 Å². The lowest BCUT2D eigenvalue weighted by Gasteiger charge is -2.35. The number of rotatable bonds is 4. The third-order valence-corrected chi connectivity index (χ3v) is 4.93. The number of H-pyrrole nitrogens is 2. The fraction of sp³-hybridized carbons (Fsp3) is 0.353. The van der Waals surface area contributed by atoms with Gasteiger partial charge in [-0.25, -0.2) is 9.97 Å². The lowest BCUT2D eigenvalue weighted by atomic mass is 9.98. The van der Waals surface area contributed by atoms with E-state index >= 15 is 0 Å². The first-order chi connectivity index (χ1) is 12.6. The van der Waals surface area contributed by atoms with Gasteiger partial charge >= 0.3 is 0 Å². The van der Waals surface area contributed by atoms with Crippen LogP contribution in [0.15, 0.2) is 30.9 Å². The van der Waals surface area contributed by atoms with E-state index in [0.29, 0.717) is 35.5 Å². The number of nitrogens with zero attached hydrogens (tertiary/aromatic N) is 4. The molecule has 0 spiro atoms. The molecule has 3 aromatic heterocycles. The Morgan fingerprint density at radius 3 is 3.00 bits per heavy atom. The molecule has 1 atom stereocenters. The highest BCUT2D eigenvalue weighted by Crippen LogP contribution is 2.29. The topological polar surface area (TPSA) is 120 Å². The summed E-state index contributed by atoms with van der Waals surface area (Å²) in [6.45, 7) is 3.01. The molecule has 3 aromatic rings. The maximum absolute atomic E-state index is 12.7. The Labute approximate surface area is 149 Å². The molecular formula is C17H19N7O2. The Morgan fingerprint density at radius 1 is 1.31 bits per heavy atom. The van der Waals surface area contributed by atoms with Crippen LogP contribution in [0.5, 0.6) is 0 Å². The van der Waals surface area contributed by atoms with Gasteiger partial charge in [-0.15, -0.1) is 0 Å². The van der Waals surface area contributed by atoms with Gasteiger partial charge in [-0.3, -0.25) is 14.7 Å². The smallest absolute Gasteiger partial charge is 0.272 e. The van der Waals surface area contributed by atoms with Crippen molar-refractivity contribution in [1.82, 2.24) is 35.4 Å². The second-order valence-electron chi connectivity index (χ2n) is 6.67. The molecular weight excluding hydrogens is 334 g/mol. The zero-order chi connectivity index (χ0) is 18.1. The fourth-order valence-electron chi connectivity index (χ4n) is 3.48. The molecule has 0 unspecified atom stereocenters. The number of nitrogens with one attached hydrogen (secondary N) is 3. The molecule has 0 bridgehead atoms. The Hall–Kier alpha value is -3.23. The molecule has 26 heavy (non-hydrogen) atoms. The van der Waals surface area contributed by atoms with Crippen LogP contribution >= 0.6 is 0 Å². The van der Waals surface area contributed by atoms with Crippen molar-refractivity contribution in [3.05, 3.63) is 42.1 Å². The van der Waals surface area contributed by atoms with Crippen molar-refractivity contribution < 1.29 is 9.59 Å². The predicted octanol–water partition coefficient (Wildman–Crippen LogP) is 1.11. The molecule has 1 fully saturated rings. The monoisotopic (exact) mass is 353 g/mol. The molecule has 134 valence electrons. The first-order valence-electron chi connectivity index (χ1n) is 8.46. The van der Waals surface area contributed by atoms with Crippen LogP contribution < -0.4 is 5.32 Å². The van der Waals surface area contributed by atoms with Crippen molar-refractivity contribution in [2.45, 2.75) is 25.3 Å². The Balaban J connectivity index is 1.50. The third kappa shape index (κ3) is 2.71. The van der Waals surface area contributed by atoms with Crippen LogP contribution in [0.4, 0.5) is 0 Å². The first-order valence-corrected chi connectivity index (χ1v) is 8.46. The van der Waals surface area contributed by atoms with E-state index in [9.17, 15) is 9.59 Å². The average Bonchev–Trinajstić information content (AvgIpc) is 3.39. The number of pyridine rings is 1. The lowest BCUT2D eigenvalue weighted by molar-refractivity contribution is 0.0604. The van der Waals surface area contributed by atoms with Gasteiger partial charge in [0.25, 0.3) is 11.8 Å². The third-order valence-electron chi connectivity index (χ3n) is 4.93. The molecule has 1 aliphatic heterocycles. The first kappa shape index (κ1) is 16.2. The van der Waals surface area contributed by atoms with Gasteiger partial charge in [-0.2, -0.15) is 5.10 Å². The van der Waals surface area contributed by atoms with Crippen molar-refractivity contribution in [2.75, 3.05) is 13.1 Å². The molecule has 4 heterocycles. The van der Waals surface area contributed by atoms with Crippen LogP contribution in [0.1, 0.15) is 40.6 Å². The maximum atomic E-state index is 12.7. The number of amides is 2. The minimum Gasteiger partial charge on any atom is -0.350 e. The van der Waals surface area contributed by atoms with Gasteiger partial charge in [-0.1, -0.05) is 0 Å². The van der Waals surface area contributed by atoms with Crippen molar-refractivity contribution in [3.63, 3.8) is 0 Å². The van der Waals surface area contributed by atoms with Crippen molar-refractivity contribution >= 4 is 23.0 Å². The Morgan fingerprint density at radius 2 is 2.19 bits per heavy atom. The molecule has 0 aliphatic carbocycles. The van der Waals surface area contributed by atoms with Gasteiger partial charge in [-0.05, 0) is 31.9 Å². The number of fused-ring (bicyclic) bond motifs is 1. The molecule has 1 saturated heterocycles. The van der Waals surface area contributed by atoms with E-state index in [4.69, 9.17) is 0 Å². The zero-order valence-corrected chi connectivity index (χ0v) is 14.3. The number of aromatic nitrogens is 5. The summed E-state index contributed by atoms with van der Waals surface area (Å²) in [4.78, 5) is 38.3. The number of aromatic amines is 2. The number of hydrogen-bond donors (Lipinski definition) is 3. The molecule has 9 heteroatoms. The minimum atomic E-state index is -0.446. The second kappa shape index (κ2) is 6.25. The number of imidazole rings is 1. The van der Waals surface area contributed by atoms with Gasteiger partial charge < -0.3 is 15.2 Å². The van der Waals surface area contributed by atoms with E-state index in [1.165, 1.54) is 6.33 Å². The maximum Gasteiger partial charge on any atom is 0.272 e. The van der Waals surface area contributed by atoms with Crippen molar-refractivity contribution in [1.29, 1.82) is 0 Å². The highest BCUT2D eigenvalue weighted by molar-refractivity contribution is 6.04. The average molecular weight is 353 g/mol. The lowest BCUT2D eigenvalue weighted by Crippen LogP contribution is -2.52. The summed E-state index contributed by atoms with van der Waals surface area (Å²) in [5.74, 6) is -0.319. The number of likely N-dealkylation sites (tertiary alicyclic amines) is 1. The summed E-state index contributed by atoms with van der Waals surface area (Å²) >= 11 is 0. The van der Waals surface area contributed by atoms with E-state index in [-0.39, 0.29) is 11.8 Å². The minimum absolute atomic E-state index is 0.100. The van der Waals surface area contributed by atoms with Crippen LogP contribution in [0, 0.1) is 0 Å². The standard InChI is InChI=1S/C17H19N7O2/c1-17(5-2-8-24(17)16(26)12-4-7-22-23-12)9-19-15(25)11-3-6-18-14-13(11)20-10-21-14/h3-4,6-7,10H,2,5,8-9H2,1H3,(H,19,25)(H,22,23)(H,18,20,21)/t17-/m0/s1. The van der Waals surface area contributed by atoms with Crippen LogP contribution in [0.25, 0.3) is 11.2 Å². The summed E-state index contributed by atoms with van der Waals surface area (Å²) in [6.07, 6.45) is 6.34. The van der Waals surface area contributed by atoms with Gasteiger partial charge in [0.05, 0.1) is 22.9 Å². The second-order valence-corrected chi connectivity index (χ2v) is 6.67. The van der Waals surface area contributed by atoms with E-state index < -0.39 is 5.54 Å². The van der Waals surface area contributed by atoms with Crippen LogP contribution in [-0.4, -0.2) is 60.5 Å². The summed E-state index contributed by atoms with van der Waals surface area (Å²) < 4.78 is 0. The highest BCUT2D eigenvalue weighted by Gasteiger charge is 2.40. The van der Waals surface area contributed by atoms with E-state index in [0.717, 1.165) is 12.8 Å². The number of carbonyl (C=O) groups is 2. The predicted molar refractivity (Wildman–Crippen MR) is 93.5 cm³/mol. The summed E-state index contributed by atoms with van der Waals surface area (Å²) in [5.41, 5.74) is 1.60. The summed E-state index contributed by atoms with van der Waals surface area (Å²) in [6, 6.07) is 3.31. The van der Waals surface area contributed by atoms with Gasteiger partial charge in [0.1, 0.15) is 5.69 Å². The van der Waals surface area contributed by atoms with E-state index in [1.54, 1.807) is 29.4 Å². The summed E-state index contributed by atoms with van der Waals surface area (Å²) in [5, 5.41) is 9.51. The Bertz CT molecular complexity index is 949. The molecule has 0 saturated carbocycles. The van der Waals surface area contributed by atoms with Crippen molar-refractivity contribution in [2.24, 2.45) is 0 Å². The van der Waals surface area contributed by atoms with E-state index in [2.05, 4.69) is 30.5 Å². The largest absolute Gasteiger partial charge is 0.350 e. The molecule has 2 amide bonds. The molecule has 0 aromatic carbocycles. The number of hydrogen-bond acceptors (Lipinski definition) is 5. The zero-order valence-electron chi connectivity index (χ0n) is 14.3. The fourth-order valence-corrected chi connectivity index (χ4v) is 3.48. The number of carbonyl (C=O) groups excluding carboxylic acids is 2. The van der Waals surface area contributed by atoms with Crippen LogP contribution in [-0.2, 0) is 0 Å². The summed E-state index contributed by atoms with van der Waals surface area (Å²) in [7, 11) is 0. The van der Waals surface area contributed by atoms with Gasteiger partial charge in [0, 0.05) is 25.5 Å². The van der Waals surface area contributed by atoms with Crippen molar-refractivity contribution in [3.8, 4) is 0 Å². The molecule has 9 nitrogen and oxygen atoms in total. The van der Waals surface area contributed by atoms with Crippen LogP contribution in [0.3, 0.4) is 0 Å². The quantitative estimate of drug-likeness (QED) is 0.649.